The molecule has 0 aliphatic heterocycles. The second-order valence-corrected chi connectivity index (χ2v) is 6.20. The molecular weight excluding hydrogens is 385 g/mol. The molecular formula is C20H15F3N4O2. The van der Waals surface area contributed by atoms with E-state index in [-0.39, 0.29) is 22.6 Å². The maximum absolute atomic E-state index is 12.8. The highest BCUT2D eigenvalue weighted by atomic mass is 19.4. The molecule has 6 nitrogen and oxygen atoms in total. The number of hydrogen-bond acceptors (Lipinski definition) is 4. The van der Waals surface area contributed by atoms with Gasteiger partial charge < -0.3 is 14.6 Å². The number of aliphatic hydroxyl groups excluding tert-OH is 1. The monoisotopic (exact) mass is 400 g/mol. The topological polar surface area (TPSA) is 82.2 Å². The van der Waals surface area contributed by atoms with Gasteiger partial charge in [0.15, 0.2) is 5.82 Å². The minimum absolute atomic E-state index is 0.101. The van der Waals surface area contributed by atoms with Gasteiger partial charge in [-0.3, -0.25) is 4.79 Å². The van der Waals surface area contributed by atoms with Crippen LogP contribution in [0.4, 0.5) is 18.9 Å². The van der Waals surface area contributed by atoms with Crippen LogP contribution in [0.25, 0.3) is 22.4 Å². The van der Waals surface area contributed by atoms with E-state index in [1.807, 2.05) is 6.07 Å². The number of anilines is 1. The van der Waals surface area contributed by atoms with Crippen LogP contribution in [0.5, 0.6) is 0 Å². The molecule has 0 atom stereocenters. The smallest absolute Gasteiger partial charge is 0.471 e. The average molecular weight is 400 g/mol. The van der Waals surface area contributed by atoms with Gasteiger partial charge in [0.2, 0.25) is 0 Å². The zero-order chi connectivity index (χ0) is 21.3. The summed E-state index contributed by atoms with van der Waals surface area (Å²) in [6.07, 6.45) is -5.09. The zero-order valence-corrected chi connectivity index (χ0v) is 15.4. The first-order chi connectivity index (χ1) is 13.7. The number of fused-ring (bicyclic) bond motifs is 1. The molecule has 3 rings (SSSR count). The highest BCUT2D eigenvalue weighted by molar-refractivity contribution is 6.02. The normalized spacial score (nSPS) is 12.4. The molecule has 9 heteroatoms. The summed E-state index contributed by atoms with van der Waals surface area (Å²) in [6, 6.07) is 14.4. The molecule has 0 unspecified atom stereocenters. The average Bonchev–Trinajstić information content (AvgIpc) is 3.03. The molecule has 0 saturated heterocycles. The van der Waals surface area contributed by atoms with Gasteiger partial charge in [0, 0.05) is 19.7 Å². The van der Waals surface area contributed by atoms with Gasteiger partial charge in [0.25, 0.3) is 0 Å². The molecule has 0 spiro atoms. The van der Waals surface area contributed by atoms with E-state index < -0.39 is 17.8 Å². The molecule has 3 aromatic rings. The predicted molar refractivity (Wildman–Crippen MR) is 102 cm³/mol. The Morgan fingerprint density at radius 1 is 1.17 bits per heavy atom. The molecule has 1 amide bonds. The van der Waals surface area contributed by atoms with Gasteiger partial charge in [-0.05, 0) is 24.3 Å². The van der Waals surface area contributed by atoms with E-state index in [0.717, 1.165) is 7.05 Å². The third-order valence-electron chi connectivity index (χ3n) is 4.43. The number of halogens is 3. The Hall–Kier alpha value is -3.80. The summed E-state index contributed by atoms with van der Waals surface area (Å²) >= 11 is 0. The highest BCUT2D eigenvalue weighted by Crippen LogP contribution is 2.33. The molecule has 0 saturated carbocycles. The summed E-state index contributed by atoms with van der Waals surface area (Å²) in [5.74, 6) is -2.53. The van der Waals surface area contributed by atoms with Crippen LogP contribution in [0.15, 0.2) is 48.5 Å². The quantitative estimate of drug-likeness (QED) is 0.531. The van der Waals surface area contributed by atoms with Crippen LogP contribution in [0.2, 0.25) is 0 Å². The van der Waals surface area contributed by atoms with E-state index in [1.54, 1.807) is 35.9 Å². The van der Waals surface area contributed by atoms with Gasteiger partial charge in [-0.1, -0.05) is 24.3 Å². The lowest BCUT2D eigenvalue weighted by Gasteiger charge is -2.21. The van der Waals surface area contributed by atoms with Crippen molar-refractivity contribution in [1.82, 2.24) is 9.55 Å². The second kappa shape index (κ2) is 7.31. The Kier molecular flexibility index (Phi) is 5.03. The fourth-order valence-corrected chi connectivity index (χ4v) is 2.98. The van der Waals surface area contributed by atoms with Gasteiger partial charge in [-0.25, -0.2) is 4.98 Å². The van der Waals surface area contributed by atoms with Crippen molar-refractivity contribution in [1.29, 1.82) is 5.26 Å². The van der Waals surface area contributed by atoms with Crippen molar-refractivity contribution in [3.63, 3.8) is 0 Å². The fourth-order valence-electron chi connectivity index (χ4n) is 2.98. The number of carbonyl (C=O) groups excluding carboxylic acids is 1. The molecule has 0 radical (unpaired) electrons. The van der Waals surface area contributed by atoms with E-state index in [4.69, 9.17) is 0 Å². The van der Waals surface area contributed by atoms with Crippen LogP contribution >= 0.6 is 0 Å². The van der Waals surface area contributed by atoms with E-state index in [2.05, 4.69) is 4.98 Å². The minimum atomic E-state index is -5.09. The number of alkyl halides is 3. The number of imidazole rings is 1. The highest BCUT2D eigenvalue weighted by Gasteiger charge is 2.42. The van der Waals surface area contributed by atoms with Crippen molar-refractivity contribution >= 4 is 34.0 Å². The van der Waals surface area contributed by atoms with Crippen molar-refractivity contribution in [2.24, 2.45) is 7.05 Å². The summed E-state index contributed by atoms with van der Waals surface area (Å²) in [5.41, 5.74) is 0.767. The largest absolute Gasteiger partial charge is 0.506 e. The van der Waals surface area contributed by atoms with Gasteiger partial charge in [-0.15, -0.1) is 0 Å². The van der Waals surface area contributed by atoms with Crippen LogP contribution in [0.1, 0.15) is 11.4 Å². The first-order valence-corrected chi connectivity index (χ1v) is 8.36. The summed E-state index contributed by atoms with van der Waals surface area (Å²) in [4.78, 5) is 16.4. The standard InChI is InChI=1S/C20H15F3N4O2/c1-26-16-10-6-4-8-14(16)25-18(26)13(11-24)17(28)12-7-3-5-9-15(12)27(2)19(29)20(21,22)23/h3-10,28H,1-2H3/b17-13-. The lowest BCUT2D eigenvalue weighted by molar-refractivity contribution is -0.170. The van der Waals surface area contributed by atoms with Crippen LogP contribution < -0.4 is 4.90 Å². The molecule has 1 aromatic heterocycles. The Morgan fingerprint density at radius 3 is 2.41 bits per heavy atom. The number of amides is 1. The summed E-state index contributed by atoms with van der Waals surface area (Å²) in [6.45, 7) is 0. The van der Waals surface area contributed by atoms with Crippen molar-refractivity contribution in [3.8, 4) is 6.07 Å². The molecule has 0 bridgehead atoms. The summed E-state index contributed by atoms with van der Waals surface area (Å²) in [5, 5.41) is 20.4. The Morgan fingerprint density at radius 2 is 1.79 bits per heavy atom. The number of aryl methyl sites for hydroxylation is 1. The van der Waals surface area contributed by atoms with Crippen LogP contribution in [0.3, 0.4) is 0 Å². The van der Waals surface area contributed by atoms with Crippen molar-refractivity contribution < 1.29 is 23.1 Å². The maximum Gasteiger partial charge on any atom is 0.471 e. The van der Waals surface area contributed by atoms with Crippen LogP contribution in [-0.2, 0) is 11.8 Å². The number of allylic oxidation sites excluding steroid dienone is 1. The van der Waals surface area contributed by atoms with Crippen molar-refractivity contribution in [2.45, 2.75) is 6.18 Å². The second-order valence-electron chi connectivity index (χ2n) is 6.20. The molecule has 2 aromatic carbocycles. The van der Waals surface area contributed by atoms with Crippen molar-refractivity contribution in [3.05, 3.63) is 59.9 Å². The van der Waals surface area contributed by atoms with Gasteiger partial charge in [0.1, 0.15) is 17.4 Å². The number of para-hydroxylation sites is 3. The SMILES string of the molecule is CN(C(=O)C(F)(F)F)c1ccccc1/C(O)=C(\C#N)c1nc2ccccc2n1C. The van der Waals surface area contributed by atoms with Gasteiger partial charge in [0.05, 0.1) is 16.7 Å². The van der Waals surface area contributed by atoms with Gasteiger partial charge >= 0.3 is 12.1 Å². The number of rotatable bonds is 3. The number of aromatic nitrogens is 2. The molecule has 1 N–H and O–H groups in total. The number of hydrogen-bond donors (Lipinski definition) is 1. The first kappa shape index (κ1) is 19.9. The van der Waals surface area contributed by atoms with E-state index in [0.29, 0.717) is 15.9 Å². The zero-order valence-electron chi connectivity index (χ0n) is 15.4. The lowest BCUT2D eigenvalue weighted by atomic mass is 10.1. The molecule has 0 aliphatic carbocycles. The van der Waals surface area contributed by atoms with Crippen LogP contribution in [0, 0.1) is 11.3 Å². The third-order valence-corrected chi connectivity index (χ3v) is 4.43. The first-order valence-electron chi connectivity index (χ1n) is 8.36. The minimum Gasteiger partial charge on any atom is -0.506 e. The number of carbonyl (C=O) groups is 1. The van der Waals surface area contributed by atoms with E-state index in [9.17, 15) is 28.3 Å². The van der Waals surface area contributed by atoms with Gasteiger partial charge in [-0.2, -0.15) is 18.4 Å². The Labute approximate surface area is 163 Å². The van der Waals surface area contributed by atoms with E-state index in [1.165, 1.54) is 24.3 Å². The summed E-state index contributed by atoms with van der Waals surface area (Å²) in [7, 11) is 2.60. The van der Waals surface area contributed by atoms with Crippen molar-refractivity contribution in [2.75, 3.05) is 11.9 Å². The number of nitrogens with zero attached hydrogens (tertiary/aromatic N) is 4. The summed E-state index contributed by atoms with van der Waals surface area (Å²) < 4.78 is 40.1. The van der Waals surface area contributed by atoms with E-state index >= 15 is 0 Å². The van der Waals surface area contributed by atoms with Crippen LogP contribution in [-0.4, -0.2) is 33.8 Å². The maximum atomic E-state index is 12.8. The lowest BCUT2D eigenvalue weighted by Crippen LogP contribution is -2.38. The predicted octanol–water partition coefficient (Wildman–Crippen LogP) is 4.05. The Balaban J connectivity index is 2.19. The molecule has 29 heavy (non-hydrogen) atoms. The molecule has 0 fully saturated rings. The fraction of sp³-hybridized carbons (Fsp3) is 0.150. The molecule has 148 valence electrons. The molecule has 1 heterocycles. The number of aliphatic hydroxyl groups is 1. The Bertz CT molecular complexity index is 1170. The molecule has 0 aliphatic rings. The number of nitriles is 1. The third kappa shape index (κ3) is 3.52. The number of benzene rings is 2.